The van der Waals surface area contributed by atoms with Crippen LogP contribution < -0.4 is 5.32 Å². The molecule has 1 aliphatic carbocycles. The van der Waals surface area contributed by atoms with Gasteiger partial charge in [0.1, 0.15) is 0 Å². The Bertz CT molecular complexity index is 163. The molecule has 1 rings (SSSR count). The van der Waals surface area contributed by atoms with E-state index in [-0.39, 0.29) is 5.97 Å². The Labute approximate surface area is 86.2 Å². The van der Waals surface area contributed by atoms with E-state index < -0.39 is 0 Å². The number of carbonyl (C=O) groups is 1. The highest BCUT2D eigenvalue weighted by Gasteiger charge is 2.11. The monoisotopic (exact) mass is 199 g/mol. The van der Waals surface area contributed by atoms with Crippen molar-refractivity contribution in [2.75, 3.05) is 13.7 Å². The van der Waals surface area contributed by atoms with E-state index in [0.29, 0.717) is 12.5 Å². The summed E-state index contributed by atoms with van der Waals surface area (Å²) in [6, 6.07) is 0.627. The smallest absolute Gasteiger partial charge is 0.306 e. The summed E-state index contributed by atoms with van der Waals surface area (Å²) < 4.78 is 4.59. The number of hydrogen-bond acceptors (Lipinski definition) is 3. The standard InChI is InChI=1S/C11H21NO2/c1-14-11(13)8-9-12-10-6-4-2-3-5-7-10/h10,12H,2-9H2,1H3. The summed E-state index contributed by atoms with van der Waals surface area (Å²) in [5.74, 6) is -0.119. The molecule has 0 aromatic heterocycles. The fraction of sp³-hybridized carbons (Fsp3) is 0.909. The lowest BCUT2D eigenvalue weighted by atomic mass is 10.1. The number of esters is 1. The Hall–Kier alpha value is -0.570. The molecule has 3 heteroatoms. The van der Waals surface area contributed by atoms with Crippen molar-refractivity contribution in [2.45, 2.75) is 51.0 Å². The normalized spacial score (nSPS) is 18.9. The maximum absolute atomic E-state index is 10.9. The van der Waals surface area contributed by atoms with Crippen LogP contribution in [0.15, 0.2) is 0 Å². The molecule has 0 bridgehead atoms. The van der Waals surface area contributed by atoms with Crippen LogP contribution in [0.25, 0.3) is 0 Å². The molecule has 0 radical (unpaired) electrons. The number of carbonyl (C=O) groups excluding carboxylic acids is 1. The molecule has 0 aromatic carbocycles. The van der Waals surface area contributed by atoms with E-state index in [4.69, 9.17) is 0 Å². The zero-order valence-corrected chi connectivity index (χ0v) is 9.05. The van der Waals surface area contributed by atoms with Gasteiger partial charge in [0.05, 0.1) is 13.5 Å². The molecule has 0 aliphatic heterocycles. The molecular weight excluding hydrogens is 178 g/mol. The van der Waals surface area contributed by atoms with Gasteiger partial charge in [-0.1, -0.05) is 25.7 Å². The molecule has 0 atom stereocenters. The Morgan fingerprint density at radius 1 is 1.29 bits per heavy atom. The van der Waals surface area contributed by atoms with E-state index in [1.807, 2.05) is 0 Å². The highest BCUT2D eigenvalue weighted by molar-refractivity contribution is 5.69. The van der Waals surface area contributed by atoms with Gasteiger partial charge in [-0.25, -0.2) is 0 Å². The summed E-state index contributed by atoms with van der Waals surface area (Å²) in [7, 11) is 1.44. The number of methoxy groups -OCH3 is 1. The Balaban J connectivity index is 2.07. The molecule has 3 nitrogen and oxygen atoms in total. The van der Waals surface area contributed by atoms with E-state index in [0.717, 1.165) is 6.54 Å². The molecule has 0 amide bonds. The van der Waals surface area contributed by atoms with Crippen LogP contribution in [0, 0.1) is 0 Å². The van der Waals surface area contributed by atoms with Crippen LogP contribution in [0.1, 0.15) is 44.9 Å². The summed E-state index contributed by atoms with van der Waals surface area (Å²) in [5.41, 5.74) is 0. The van der Waals surface area contributed by atoms with Gasteiger partial charge in [0, 0.05) is 12.6 Å². The van der Waals surface area contributed by atoms with E-state index in [9.17, 15) is 4.79 Å². The Morgan fingerprint density at radius 2 is 1.93 bits per heavy atom. The zero-order valence-electron chi connectivity index (χ0n) is 9.05. The lowest BCUT2D eigenvalue weighted by molar-refractivity contribution is -0.140. The molecule has 1 aliphatic rings. The Kier molecular flexibility index (Phi) is 5.60. The molecule has 1 fully saturated rings. The van der Waals surface area contributed by atoms with Crippen molar-refractivity contribution in [2.24, 2.45) is 0 Å². The van der Waals surface area contributed by atoms with E-state index >= 15 is 0 Å². The number of ether oxygens (including phenoxy) is 1. The molecular formula is C11H21NO2. The maximum atomic E-state index is 10.9. The van der Waals surface area contributed by atoms with Crippen molar-refractivity contribution < 1.29 is 9.53 Å². The largest absolute Gasteiger partial charge is 0.469 e. The first-order valence-electron chi connectivity index (χ1n) is 5.63. The Morgan fingerprint density at radius 3 is 2.50 bits per heavy atom. The average molecular weight is 199 g/mol. The van der Waals surface area contributed by atoms with Crippen LogP contribution in [0.2, 0.25) is 0 Å². The maximum Gasteiger partial charge on any atom is 0.306 e. The van der Waals surface area contributed by atoms with Gasteiger partial charge >= 0.3 is 5.97 Å². The lowest BCUT2D eigenvalue weighted by Crippen LogP contribution is -2.30. The average Bonchev–Trinajstić information content (AvgIpc) is 2.46. The predicted molar refractivity (Wildman–Crippen MR) is 56.1 cm³/mol. The molecule has 0 heterocycles. The van der Waals surface area contributed by atoms with Gasteiger partial charge in [-0.05, 0) is 12.8 Å². The van der Waals surface area contributed by atoms with Crippen molar-refractivity contribution in [1.82, 2.24) is 5.32 Å². The van der Waals surface area contributed by atoms with Crippen molar-refractivity contribution in [3.63, 3.8) is 0 Å². The van der Waals surface area contributed by atoms with Crippen LogP contribution in [0.5, 0.6) is 0 Å². The molecule has 0 spiro atoms. The van der Waals surface area contributed by atoms with Gasteiger partial charge in [-0.15, -0.1) is 0 Å². The lowest BCUT2D eigenvalue weighted by Gasteiger charge is -2.15. The predicted octanol–water partition coefficient (Wildman–Crippen LogP) is 1.86. The SMILES string of the molecule is COC(=O)CCNC1CCCCCC1. The van der Waals surface area contributed by atoms with Crippen LogP contribution in [-0.2, 0) is 9.53 Å². The first-order chi connectivity index (χ1) is 6.83. The third-order valence-corrected chi connectivity index (χ3v) is 2.84. The molecule has 1 saturated carbocycles. The number of rotatable bonds is 4. The number of hydrogen-bond donors (Lipinski definition) is 1. The van der Waals surface area contributed by atoms with Crippen LogP contribution in [0.3, 0.4) is 0 Å². The highest BCUT2D eigenvalue weighted by Crippen LogP contribution is 2.16. The van der Waals surface area contributed by atoms with Crippen LogP contribution in [0.4, 0.5) is 0 Å². The second-order valence-corrected chi connectivity index (χ2v) is 3.97. The summed E-state index contributed by atoms with van der Waals surface area (Å²) in [6.07, 6.45) is 8.42. The van der Waals surface area contributed by atoms with E-state index in [1.54, 1.807) is 0 Å². The van der Waals surface area contributed by atoms with Gasteiger partial charge in [0.15, 0.2) is 0 Å². The second-order valence-electron chi connectivity index (χ2n) is 3.97. The minimum Gasteiger partial charge on any atom is -0.469 e. The fourth-order valence-corrected chi connectivity index (χ4v) is 1.96. The van der Waals surface area contributed by atoms with Crippen LogP contribution >= 0.6 is 0 Å². The molecule has 0 aromatic rings. The second kappa shape index (κ2) is 6.82. The summed E-state index contributed by atoms with van der Waals surface area (Å²) >= 11 is 0. The number of nitrogens with one attached hydrogen (secondary N) is 1. The van der Waals surface area contributed by atoms with Crippen LogP contribution in [-0.4, -0.2) is 25.7 Å². The molecule has 0 saturated heterocycles. The van der Waals surface area contributed by atoms with Gasteiger partial charge in [-0.3, -0.25) is 4.79 Å². The molecule has 82 valence electrons. The summed E-state index contributed by atoms with van der Waals surface area (Å²) in [4.78, 5) is 10.9. The van der Waals surface area contributed by atoms with Gasteiger partial charge in [0.25, 0.3) is 0 Å². The highest BCUT2D eigenvalue weighted by atomic mass is 16.5. The minimum atomic E-state index is -0.119. The molecule has 14 heavy (non-hydrogen) atoms. The minimum absolute atomic E-state index is 0.119. The van der Waals surface area contributed by atoms with E-state index in [1.165, 1.54) is 45.6 Å². The van der Waals surface area contributed by atoms with Crippen molar-refractivity contribution >= 4 is 5.97 Å². The quantitative estimate of drug-likeness (QED) is 0.555. The third-order valence-electron chi connectivity index (χ3n) is 2.84. The third kappa shape index (κ3) is 4.61. The first-order valence-corrected chi connectivity index (χ1v) is 5.63. The van der Waals surface area contributed by atoms with Gasteiger partial charge in [-0.2, -0.15) is 0 Å². The van der Waals surface area contributed by atoms with Gasteiger partial charge in [0.2, 0.25) is 0 Å². The molecule has 1 N–H and O–H groups in total. The van der Waals surface area contributed by atoms with Crippen molar-refractivity contribution in [3.05, 3.63) is 0 Å². The first kappa shape index (κ1) is 11.5. The van der Waals surface area contributed by atoms with E-state index in [2.05, 4.69) is 10.1 Å². The summed E-state index contributed by atoms with van der Waals surface area (Å²) in [5, 5.41) is 3.43. The van der Waals surface area contributed by atoms with Crippen molar-refractivity contribution in [3.8, 4) is 0 Å². The van der Waals surface area contributed by atoms with Gasteiger partial charge < -0.3 is 10.1 Å². The van der Waals surface area contributed by atoms with Crippen molar-refractivity contribution in [1.29, 1.82) is 0 Å². The zero-order chi connectivity index (χ0) is 10.2. The fourth-order valence-electron chi connectivity index (χ4n) is 1.96. The summed E-state index contributed by atoms with van der Waals surface area (Å²) in [6.45, 7) is 0.761. The molecule has 0 unspecified atom stereocenters. The topological polar surface area (TPSA) is 38.3 Å².